The molecule has 8 heteroatoms. The number of amides is 1. The van der Waals surface area contributed by atoms with Gasteiger partial charge in [-0.15, -0.1) is 5.10 Å². The van der Waals surface area contributed by atoms with Gasteiger partial charge in [0.15, 0.2) is 5.69 Å². The predicted molar refractivity (Wildman–Crippen MR) is 101 cm³/mol. The van der Waals surface area contributed by atoms with Crippen molar-refractivity contribution in [3.05, 3.63) is 30.1 Å². The summed E-state index contributed by atoms with van der Waals surface area (Å²) in [6, 6.07) is 0.608. The molecule has 27 heavy (non-hydrogen) atoms. The molecule has 1 aliphatic carbocycles. The number of hydrogen-bond donors (Lipinski definition) is 1. The molecule has 146 valence electrons. The summed E-state index contributed by atoms with van der Waals surface area (Å²) in [5.41, 5.74) is 6.44. The second-order valence-corrected chi connectivity index (χ2v) is 7.81. The number of likely N-dealkylation sites (tertiary alicyclic amines) is 1. The highest BCUT2D eigenvalue weighted by Crippen LogP contribution is 2.28. The number of imidazole rings is 1. The molecule has 3 heterocycles. The molecule has 2 N–H and O–H groups in total. The third kappa shape index (κ3) is 3.76. The molecular formula is C19H29N7O. The Balaban J connectivity index is 1.43. The van der Waals surface area contributed by atoms with Crippen LogP contribution in [-0.2, 0) is 6.54 Å². The monoisotopic (exact) mass is 371 g/mol. The average molecular weight is 371 g/mol. The van der Waals surface area contributed by atoms with Gasteiger partial charge in [-0.3, -0.25) is 4.79 Å². The quantitative estimate of drug-likeness (QED) is 0.886. The van der Waals surface area contributed by atoms with Crippen molar-refractivity contribution in [1.82, 2.24) is 29.4 Å². The summed E-state index contributed by atoms with van der Waals surface area (Å²) in [6.07, 6.45) is 11.8. The number of rotatable bonds is 4. The Kier molecular flexibility index (Phi) is 5.24. The first-order valence-electron chi connectivity index (χ1n) is 10.1. The van der Waals surface area contributed by atoms with Crippen LogP contribution in [0, 0.1) is 0 Å². The lowest BCUT2D eigenvalue weighted by Crippen LogP contribution is -2.40. The van der Waals surface area contributed by atoms with Crippen molar-refractivity contribution in [1.29, 1.82) is 0 Å². The standard InChI is InChI=1S/C19H29N7O/c1-2-24-11-9-21-18(24)14-4-3-10-25(12-14)19(27)17-13-26(23-22-17)16-7-5-15(20)6-8-16/h9,11,13-16H,2-8,10,12,20H2,1H3/t14-,15?,16?/m1/s1. The maximum atomic E-state index is 13.0. The van der Waals surface area contributed by atoms with Crippen LogP contribution in [0.4, 0.5) is 0 Å². The lowest BCUT2D eigenvalue weighted by atomic mass is 9.92. The van der Waals surface area contributed by atoms with Crippen LogP contribution in [0.15, 0.2) is 18.6 Å². The zero-order valence-electron chi connectivity index (χ0n) is 16.0. The smallest absolute Gasteiger partial charge is 0.276 e. The van der Waals surface area contributed by atoms with Crippen LogP contribution in [0.5, 0.6) is 0 Å². The molecule has 8 nitrogen and oxygen atoms in total. The van der Waals surface area contributed by atoms with Crippen molar-refractivity contribution in [3.63, 3.8) is 0 Å². The van der Waals surface area contributed by atoms with Crippen LogP contribution in [-0.4, -0.2) is 54.5 Å². The Morgan fingerprint density at radius 3 is 2.85 bits per heavy atom. The van der Waals surface area contributed by atoms with Gasteiger partial charge in [-0.2, -0.15) is 0 Å². The van der Waals surface area contributed by atoms with E-state index in [1.807, 2.05) is 28.2 Å². The van der Waals surface area contributed by atoms with Gasteiger partial charge >= 0.3 is 0 Å². The van der Waals surface area contributed by atoms with E-state index in [2.05, 4.69) is 26.8 Å². The minimum absolute atomic E-state index is 0.0203. The molecule has 2 aromatic heterocycles. The number of carbonyl (C=O) groups is 1. The summed E-state index contributed by atoms with van der Waals surface area (Å²) < 4.78 is 4.03. The van der Waals surface area contributed by atoms with Gasteiger partial charge < -0.3 is 15.2 Å². The molecule has 1 saturated heterocycles. The van der Waals surface area contributed by atoms with Crippen molar-refractivity contribution in [2.75, 3.05) is 13.1 Å². The van der Waals surface area contributed by atoms with Crippen LogP contribution in [0.25, 0.3) is 0 Å². The van der Waals surface area contributed by atoms with Crippen LogP contribution in [0.1, 0.15) is 73.7 Å². The predicted octanol–water partition coefficient (Wildman–Crippen LogP) is 1.96. The number of carbonyl (C=O) groups excluding carboxylic acids is 1. The van der Waals surface area contributed by atoms with Crippen LogP contribution in [0.3, 0.4) is 0 Å². The van der Waals surface area contributed by atoms with Crippen LogP contribution >= 0.6 is 0 Å². The van der Waals surface area contributed by atoms with Crippen LogP contribution < -0.4 is 5.73 Å². The van der Waals surface area contributed by atoms with Crippen molar-refractivity contribution in [2.45, 2.75) is 70.0 Å². The summed E-state index contributed by atoms with van der Waals surface area (Å²) in [5, 5.41) is 8.42. The second kappa shape index (κ2) is 7.80. The number of aromatic nitrogens is 5. The number of piperidine rings is 1. The zero-order valence-corrected chi connectivity index (χ0v) is 16.0. The van der Waals surface area contributed by atoms with Gasteiger partial charge in [0.05, 0.1) is 12.2 Å². The SMILES string of the molecule is CCn1ccnc1[C@@H]1CCCN(C(=O)c2cn(C3CCC(N)CC3)nn2)C1. The molecule has 2 aliphatic rings. The van der Waals surface area contributed by atoms with Gasteiger partial charge in [0.2, 0.25) is 0 Å². The van der Waals surface area contributed by atoms with Gasteiger partial charge in [0.1, 0.15) is 5.82 Å². The van der Waals surface area contributed by atoms with Gasteiger partial charge in [-0.1, -0.05) is 5.21 Å². The maximum absolute atomic E-state index is 13.0. The molecule has 1 amide bonds. The van der Waals surface area contributed by atoms with Gasteiger partial charge in [0, 0.05) is 44.0 Å². The van der Waals surface area contributed by atoms with E-state index in [1.165, 1.54) is 0 Å². The summed E-state index contributed by atoms with van der Waals surface area (Å²) in [7, 11) is 0. The van der Waals surface area contributed by atoms with Gasteiger partial charge in [-0.25, -0.2) is 9.67 Å². The maximum Gasteiger partial charge on any atom is 0.276 e. The second-order valence-electron chi connectivity index (χ2n) is 7.81. The summed E-state index contributed by atoms with van der Waals surface area (Å²) in [5.74, 6) is 1.35. The average Bonchev–Trinajstić information content (AvgIpc) is 3.37. The van der Waals surface area contributed by atoms with E-state index in [9.17, 15) is 4.79 Å². The molecule has 0 radical (unpaired) electrons. The number of nitrogens with two attached hydrogens (primary N) is 1. The molecule has 2 aromatic rings. The molecule has 0 bridgehead atoms. The van der Waals surface area contributed by atoms with Crippen LogP contribution in [0.2, 0.25) is 0 Å². The zero-order chi connectivity index (χ0) is 18.8. The lowest BCUT2D eigenvalue weighted by molar-refractivity contribution is 0.0697. The molecule has 4 rings (SSSR count). The largest absolute Gasteiger partial charge is 0.336 e. The Labute approximate surface area is 159 Å². The van der Waals surface area contributed by atoms with Gasteiger partial charge in [-0.05, 0) is 45.4 Å². The molecular weight excluding hydrogens is 342 g/mol. The fourth-order valence-corrected chi connectivity index (χ4v) is 4.40. The lowest BCUT2D eigenvalue weighted by Gasteiger charge is -2.32. The fraction of sp³-hybridized carbons (Fsp3) is 0.684. The van der Waals surface area contributed by atoms with Crippen molar-refractivity contribution in [2.24, 2.45) is 5.73 Å². The van der Waals surface area contributed by atoms with E-state index in [0.717, 1.165) is 57.4 Å². The normalized spacial score (nSPS) is 26.3. The first-order valence-corrected chi connectivity index (χ1v) is 10.1. The Morgan fingerprint density at radius 2 is 2.07 bits per heavy atom. The van der Waals surface area contributed by atoms with Crippen molar-refractivity contribution >= 4 is 5.91 Å². The van der Waals surface area contributed by atoms with E-state index in [1.54, 1.807) is 0 Å². The topological polar surface area (TPSA) is 94.9 Å². The molecule has 2 fully saturated rings. The highest BCUT2D eigenvalue weighted by molar-refractivity contribution is 5.92. The Bertz CT molecular complexity index is 775. The molecule has 1 aliphatic heterocycles. The Morgan fingerprint density at radius 1 is 1.26 bits per heavy atom. The molecule has 0 unspecified atom stereocenters. The Hall–Kier alpha value is -2.22. The first-order chi connectivity index (χ1) is 13.2. The van der Waals surface area contributed by atoms with E-state index < -0.39 is 0 Å². The van der Waals surface area contributed by atoms with E-state index in [0.29, 0.717) is 24.3 Å². The van der Waals surface area contributed by atoms with Crippen molar-refractivity contribution < 1.29 is 4.79 Å². The summed E-state index contributed by atoms with van der Waals surface area (Å²) in [4.78, 5) is 19.4. The number of nitrogens with zero attached hydrogens (tertiary/aromatic N) is 6. The summed E-state index contributed by atoms with van der Waals surface area (Å²) >= 11 is 0. The highest BCUT2D eigenvalue weighted by Gasteiger charge is 2.30. The number of aryl methyl sites for hydroxylation is 1. The fourth-order valence-electron chi connectivity index (χ4n) is 4.40. The summed E-state index contributed by atoms with van der Waals surface area (Å²) in [6.45, 7) is 4.49. The third-order valence-corrected chi connectivity index (χ3v) is 6.01. The molecule has 0 aromatic carbocycles. The minimum Gasteiger partial charge on any atom is -0.336 e. The number of hydrogen-bond acceptors (Lipinski definition) is 5. The minimum atomic E-state index is -0.0203. The highest BCUT2D eigenvalue weighted by atomic mass is 16.2. The van der Waals surface area contributed by atoms with Crippen molar-refractivity contribution in [3.8, 4) is 0 Å². The first kappa shape index (κ1) is 18.2. The van der Waals surface area contributed by atoms with E-state index in [-0.39, 0.29) is 11.8 Å². The van der Waals surface area contributed by atoms with E-state index in [4.69, 9.17) is 5.73 Å². The van der Waals surface area contributed by atoms with Gasteiger partial charge in [0.25, 0.3) is 5.91 Å². The van der Waals surface area contributed by atoms with E-state index >= 15 is 0 Å². The molecule has 1 atom stereocenters. The molecule has 1 saturated carbocycles. The molecule has 0 spiro atoms. The third-order valence-electron chi connectivity index (χ3n) is 6.01.